The largest absolute Gasteiger partial charge is 0.490 e. The molecule has 2 rings (SSSR count). The van der Waals surface area contributed by atoms with Gasteiger partial charge in [-0.15, -0.1) is 0 Å². The molecule has 12 heteroatoms. The van der Waals surface area contributed by atoms with Gasteiger partial charge in [-0.2, -0.15) is 0 Å². The Labute approximate surface area is 302 Å². The van der Waals surface area contributed by atoms with Gasteiger partial charge in [0.1, 0.15) is 18.3 Å². The number of aliphatic hydroxyl groups is 3. The molecule has 12 nitrogen and oxygen atoms in total. The Morgan fingerprint density at radius 1 is 1.06 bits per heavy atom. The van der Waals surface area contributed by atoms with Gasteiger partial charge in [-0.25, -0.2) is 14.4 Å². The third kappa shape index (κ3) is 12.1. The number of aliphatic carboxylic acids is 1. The molecule has 0 radical (unpaired) electrons. The van der Waals surface area contributed by atoms with E-state index >= 15 is 0 Å². The molecule has 0 spiro atoms. The van der Waals surface area contributed by atoms with Gasteiger partial charge in [0.25, 0.3) is 0 Å². The smallest absolute Gasteiger partial charge is 0.373 e. The molecule has 51 heavy (non-hydrogen) atoms. The SMILES string of the molecule is CO/C1=C/C(C)=C\[C@@H](C)[C@@H](O)[C@@H](C)C/C(C)=C\C=C/[C@H](OC)[C@@H]([C@@H](C)[C@@H](O)[C@H](C)[C@]2(O)C[C@H](OC(=O)/C=C/C(=O)O)[C@@H](C)[C@H](C(C)C)O2)OC1=O. The van der Waals surface area contributed by atoms with Crippen molar-refractivity contribution in [2.45, 2.75) is 118 Å². The van der Waals surface area contributed by atoms with Crippen LogP contribution in [0.15, 0.2) is 59.4 Å². The van der Waals surface area contributed by atoms with Gasteiger partial charge < -0.3 is 44.1 Å². The molecule has 0 aromatic carbocycles. The molecule has 12 atom stereocenters. The summed E-state index contributed by atoms with van der Waals surface area (Å²) in [7, 11) is 2.80. The first-order valence-electron chi connectivity index (χ1n) is 17.7. The second-order valence-electron chi connectivity index (χ2n) is 14.6. The fraction of sp³-hybridized carbons (Fsp3) is 0.667. The highest BCUT2D eigenvalue weighted by Crippen LogP contribution is 2.42. The van der Waals surface area contributed by atoms with Crippen molar-refractivity contribution in [1.82, 2.24) is 0 Å². The number of rotatable bonds is 10. The molecule has 1 saturated heterocycles. The predicted octanol–water partition coefficient (Wildman–Crippen LogP) is 4.88. The normalized spacial score (nSPS) is 37.1. The Morgan fingerprint density at radius 2 is 1.71 bits per heavy atom. The Morgan fingerprint density at radius 3 is 2.27 bits per heavy atom. The average molecular weight is 721 g/mol. The van der Waals surface area contributed by atoms with E-state index in [9.17, 15) is 29.7 Å². The summed E-state index contributed by atoms with van der Waals surface area (Å²) in [5.74, 6) is -7.68. The molecule has 2 aliphatic heterocycles. The molecule has 0 amide bonds. The number of aliphatic hydroxyl groups excluding tert-OH is 2. The minimum atomic E-state index is -1.99. The number of hydrogen-bond acceptors (Lipinski definition) is 11. The van der Waals surface area contributed by atoms with E-state index in [1.54, 1.807) is 32.9 Å². The van der Waals surface area contributed by atoms with E-state index in [4.69, 9.17) is 28.8 Å². The van der Waals surface area contributed by atoms with Crippen molar-refractivity contribution in [1.29, 1.82) is 0 Å². The van der Waals surface area contributed by atoms with Gasteiger partial charge in [0.15, 0.2) is 5.79 Å². The van der Waals surface area contributed by atoms with Crippen LogP contribution in [0.5, 0.6) is 0 Å². The van der Waals surface area contributed by atoms with E-state index in [0.29, 0.717) is 18.1 Å². The lowest BCUT2D eigenvalue weighted by Gasteiger charge is -2.50. The summed E-state index contributed by atoms with van der Waals surface area (Å²) in [4.78, 5) is 37.1. The number of hydrogen-bond donors (Lipinski definition) is 4. The molecule has 0 aromatic heterocycles. The quantitative estimate of drug-likeness (QED) is 0.178. The van der Waals surface area contributed by atoms with Crippen LogP contribution in [0.25, 0.3) is 0 Å². The fourth-order valence-electron chi connectivity index (χ4n) is 7.00. The highest BCUT2D eigenvalue weighted by atomic mass is 16.6. The van der Waals surface area contributed by atoms with Crippen molar-refractivity contribution in [2.75, 3.05) is 14.2 Å². The molecule has 288 valence electrons. The van der Waals surface area contributed by atoms with Gasteiger partial charge in [-0.3, -0.25) is 0 Å². The molecule has 0 bridgehead atoms. The number of carbonyl (C=O) groups is 3. The van der Waals surface area contributed by atoms with Crippen LogP contribution < -0.4 is 0 Å². The number of esters is 2. The van der Waals surface area contributed by atoms with Crippen molar-refractivity contribution in [3.05, 3.63) is 59.4 Å². The number of cyclic esters (lactones) is 1. The summed E-state index contributed by atoms with van der Waals surface area (Å²) in [5, 5.41) is 43.8. The molecule has 4 N–H and O–H groups in total. The minimum absolute atomic E-state index is 0.0458. The summed E-state index contributed by atoms with van der Waals surface area (Å²) >= 11 is 0. The number of ether oxygens (including phenoxy) is 5. The second kappa shape index (κ2) is 19.5. The van der Waals surface area contributed by atoms with Gasteiger partial charge >= 0.3 is 17.9 Å². The van der Waals surface area contributed by atoms with Gasteiger partial charge in [-0.1, -0.05) is 83.9 Å². The number of carbonyl (C=O) groups excluding carboxylic acids is 2. The molecule has 0 aromatic rings. The molecule has 0 saturated carbocycles. The Kier molecular flexibility index (Phi) is 16.8. The van der Waals surface area contributed by atoms with Crippen molar-refractivity contribution in [3.63, 3.8) is 0 Å². The molecular weight excluding hydrogens is 660 g/mol. The zero-order chi connectivity index (χ0) is 38.8. The summed E-state index contributed by atoms with van der Waals surface area (Å²) < 4.78 is 29.1. The van der Waals surface area contributed by atoms with Crippen LogP contribution in [-0.4, -0.2) is 95.0 Å². The maximum atomic E-state index is 13.6. The summed E-state index contributed by atoms with van der Waals surface area (Å²) in [6.07, 6.45) is 5.37. The molecule has 1 fully saturated rings. The Hall–Kier alpha value is -3.29. The standard InChI is InChI=1S/C39H60O12/c1-21(2)36-26(7)31(49-33(42)16-15-32(40)41)20-39(46,51-36)28(9)35(44)27(8)37-29(47-10)14-12-13-22(3)17-24(5)34(43)25(6)18-23(4)19-30(48-11)38(45)50-37/h12-16,18-19,21,24-29,31,34-37,43-44,46H,17,20H2,1-11H3,(H,40,41)/b14-12-,16-15+,22-13-,23-18-,30-19+/t24-,25+,26+,27-,28-,29-,31-,34-,35+,36-,37+,39-/m0/s1. The van der Waals surface area contributed by atoms with Crippen LogP contribution in [0.1, 0.15) is 75.2 Å². The van der Waals surface area contributed by atoms with Crippen LogP contribution in [-0.2, 0) is 38.1 Å². The molecule has 2 aliphatic rings. The van der Waals surface area contributed by atoms with E-state index in [2.05, 4.69) is 0 Å². The van der Waals surface area contributed by atoms with Crippen LogP contribution in [0, 0.1) is 35.5 Å². The second-order valence-corrected chi connectivity index (χ2v) is 14.6. The van der Waals surface area contributed by atoms with Crippen LogP contribution in [0.3, 0.4) is 0 Å². The van der Waals surface area contributed by atoms with Crippen molar-refractivity contribution in [3.8, 4) is 0 Å². The third-order valence-electron chi connectivity index (χ3n) is 10.1. The van der Waals surface area contributed by atoms with Gasteiger partial charge in [0.05, 0.1) is 25.4 Å². The number of carboxylic acids is 1. The van der Waals surface area contributed by atoms with E-state index in [1.165, 1.54) is 20.3 Å². The zero-order valence-corrected chi connectivity index (χ0v) is 31.9. The predicted molar refractivity (Wildman–Crippen MR) is 191 cm³/mol. The molecule has 2 heterocycles. The molecular formula is C39H60O12. The van der Waals surface area contributed by atoms with Crippen LogP contribution in [0.2, 0.25) is 0 Å². The number of carboxylic acid groups (broad SMARTS) is 1. The maximum absolute atomic E-state index is 13.6. The minimum Gasteiger partial charge on any atom is -0.490 e. The highest BCUT2D eigenvalue weighted by molar-refractivity contribution is 5.90. The molecule has 0 unspecified atom stereocenters. The summed E-state index contributed by atoms with van der Waals surface area (Å²) in [6, 6.07) is 0. The topological polar surface area (TPSA) is 178 Å². The lowest BCUT2D eigenvalue weighted by Crippen LogP contribution is -2.59. The van der Waals surface area contributed by atoms with Crippen LogP contribution in [0.4, 0.5) is 0 Å². The maximum Gasteiger partial charge on any atom is 0.373 e. The van der Waals surface area contributed by atoms with E-state index < -0.39 is 72.2 Å². The molecule has 0 aliphatic carbocycles. The van der Waals surface area contributed by atoms with Gasteiger partial charge in [0.2, 0.25) is 5.76 Å². The van der Waals surface area contributed by atoms with E-state index in [-0.39, 0.29) is 35.9 Å². The third-order valence-corrected chi connectivity index (χ3v) is 10.1. The lowest BCUT2D eigenvalue weighted by molar-refractivity contribution is -0.329. The van der Waals surface area contributed by atoms with Gasteiger partial charge in [0, 0.05) is 49.4 Å². The summed E-state index contributed by atoms with van der Waals surface area (Å²) in [5.41, 5.74) is 1.70. The zero-order valence-electron chi connectivity index (χ0n) is 31.9. The Bertz CT molecular complexity index is 1350. The highest BCUT2D eigenvalue weighted by Gasteiger charge is 2.53. The fourth-order valence-corrected chi connectivity index (χ4v) is 7.00. The number of methoxy groups -OCH3 is 2. The van der Waals surface area contributed by atoms with Crippen LogP contribution >= 0.6 is 0 Å². The summed E-state index contributed by atoms with van der Waals surface area (Å²) in [6.45, 7) is 16.5. The van der Waals surface area contributed by atoms with E-state index in [0.717, 1.165) is 11.6 Å². The first-order chi connectivity index (χ1) is 23.8. The van der Waals surface area contributed by atoms with E-state index in [1.807, 2.05) is 53.7 Å². The number of allylic oxidation sites excluding steroid dienone is 5. The van der Waals surface area contributed by atoms with Crippen molar-refractivity contribution >= 4 is 17.9 Å². The first kappa shape index (κ1) is 43.9. The Balaban J connectivity index is 2.55. The monoisotopic (exact) mass is 720 g/mol. The van der Waals surface area contributed by atoms with Crippen molar-refractivity contribution < 1.29 is 58.5 Å². The average Bonchev–Trinajstić information content (AvgIpc) is 3.06. The van der Waals surface area contributed by atoms with Crippen molar-refractivity contribution in [2.24, 2.45) is 35.5 Å². The first-order valence-corrected chi connectivity index (χ1v) is 17.7. The lowest BCUT2D eigenvalue weighted by atomic mass is 9.76. The van der Waals surface area contributed by atoms with Gasteiger partial charge in [-0.05, 0) is 38.2 Å².